The highest BCUT2D eigenvalue weighted by Crippen LogP contribution is 2.49. The summed E-state index contributed by atoms with van der Waals surface area (Å²) < 4.78 is 0. The lowest BCUT2D eigenvalue weighted by Gasteiger charge is -2.42. The summed E-state index contributed by atoms with van der Waals surface area (Å²) >= 11 is 1.46. The second kappa shape index (κ2) is 6.72. The molecule has 6 heteroatoms. The summed E-state index contributed by atoms with van der Waals surface area (Å²) in [5.41, 5.74) is 8.52. The third-order valence-electron chi connectivity index (χ3n) is 4.81. The standard InChI is InChI=1S/C14H25N3O2S/c15-12(11(17-16)13(18)19)20-10-4-8-14(9-5-10)6-2-1-3-7-14/h10,17H,1-9,15-16H2,(H,18,19)/b12-11+. The Kier molecular flexibility index (Phi) is 5.21. The van der Waals surface area contributed by atoms with E-state index in [9.17, 15) is 4.79 Å². The van der Waals surface area contributed by atoms with Crippen LogP contribution in [0.2, 0.25) is 0 Å². The minimum Gasteiger partial charge on any atom is -0.476 e. The molecule has 2 fully saturated rings. The first-order chi connectivity index (χ1) is 9.56. The van der Waals surface area contributed by atoms with Gasteiger partial charge in [-0.1, -0.05) is 19.3 Å². The smallest absolute Gasteiger partial charge is 0.356 e. The fourth-order valence-electron chi connectivity index (χ4n) is 3.60. The summed E-state index contributed by atoms with van der Waals surface area (Å²) in [5, 5.41) is 9.70. The Bertz CT molecular complexity index is 382. The summed E-state index contributed by atoms with van der Waals surface area (Å²) in [5.74, 6) is 4.11. The minimum absolute atomic E-state index is 0.0899. The van der Waals surface area contributed by atoms with Crippen molar-refractivity contribution in [3.05, 3.63) is 10.7 Å². The molecule has 0 saturated heterocycles. The average Bonchev–Trinajstić information content (AvgIpc) is 2.43. The Hall–Kier alpha value is -0.880. The number of carboxylic acids is 1. The predicted molar refractivity (Wildman–Crippen MR) is 81.5 cm³/mol. The van der Waals surface area contributed by atoms with E-state index in [4.69, 9.17) is 16.7 Å². The van der Waals surface area contributed by atoms with Crippen LogP contribution >= 0.6 is 11.8 Å². The molecule has 2 aliphatic rings. The second-order valence-corrected chi connectivity index (χ2v) is 7.41. The van der Waals surface area contributed by atoms with Crippen molar-refractivity contribution in [3.63, 3.8) is 0 Å². The maximum Gasteiger partial charge on any atom is 0.356 e. The fraction of sp³-hybridized carbons (Fsp3) is 0.786. The first-order valence-electron chi connectivity index (χ1n) is 7.43. The zero-order chi connectivity index (χ0) is 14.6. The fourth-order valence-corrected chi connectivity index (χ4v) is 4.69. The van der Waals surface area contributed by atoms with Gasteiger partial charge in [-0.25, -0.2) is 4.79 Å². The molecular formula is C14H25N3O2S. The van der Waals surface area contributed by atoms with E-state index in [0.717, 1.165) is 12.8 Å². The van der Waals surface area contributed by atoms with Crippen LogP contribution in [-0.2, 0) is 4.79 Å². The molecule has 0 amide bonds. The molecule has 0 aliphatic heterocycles. The van der Waals surface area contributed by atoms with Gasteiger partial charge in [-0.15, -0.1) is 11.8 Å². The van der Waals surface area contributed by atoms with Crippen LogP contribution < -0.4 is 17.0 Å². The summed E-state index contributed by atoms with van der Waals surface area (Å²) in [4.78, 5) is 11.0. The van der Waals surface area contributed by atoms with Gasteiger partial charge >= 0.3 is 5.97 Å². The molecule has 0 aromatic carbocycles. The molecule has 0 unspecified atom stereocenters. The van der Waals surface area contributed by atoms with E-state index in [1.807, 2.05) is 0 Å². The molecule has 2 rings (SSSR count). The van der Waals surface area contributed by atoms with Crippen LogP contribution in [0.5, 0.6) is 0 Å². The maximum atomic E-state index is 11.0. The molecule has 0 bridgehead atoms. The van der Waals surface area contributed by atoms with Crippen LogP contribution in [-0.4, -0.2) is 16.3 Å². The van der Waals surface area contributed by atoms with Gasteiger partial charge in [-0.3, -0.25) is 5.84 Å². The number of nitrogens with one attached hydrogen (secondary N) is 1. The van der Waals surface area contributed by atoms with Crippen LogP contribution in [0.15, 0.2) is 10.7 Å². The number of aliphatic carboxylic acids is 1. The van der Waals surface area contributed by atoms with Gasteiger partial charge < -0.3 is 16.3 Å². The van der Waals surface area contributed by atoms with Gasteiger partial charge in [-0.05, 0) is 43.9 Å². The van der Waals surface area contributed by atoms with Crippen molar-refractivity contribution in [2.45, 2.75) is 63.0 Å². The first kappa shape index (κ1) is 15.5. The molecule has 0 radical (unpaired) electrons. The van der Waals surface area contributed by atoms with Crippen LogP contribution in [0.25, 0.3) is 0 Å². The van der Waals surface area contributed by atoms with Crippen LogP contribution in [0.3, 0.4) is 0 Å². The van der Waals surface area contributed by atoms with Gasteiger partial charge in [0.1, 0.15) is 0 Å². The number of thioether (sulfide) groups is 1. The van der Waals surface area contributed by atoms with Crippen molar-refractivity contribution in [2.24, 2.45) is 17.0 Å². The average molecular weight is 299 g/mol. The second-order valence-electron chi connectivity index (χ2n) is 6.07. The van der Waals surface area contributed by atoms with E-state index in [0.29, 0.717) is 15.7 Å². The van der Waals surface area contributed by atoms with Gasteiger partial charge in [0.05, 0.1) is 5.03 Å². The summed E-state index contributed by atoms with van der Waals surface area (Å²) in [6.07, 6.45) is 11.7. The number of rotatable bonds is 4. The van der Waals surface area contributed by atoms with Crippen molar-refractivity contribution in [2.75, 3.05) is 0 Å². The number of hydrogen-bond acceptors (Lipinski definition) is 5. The van der Waals surface area contributed by atoms with Gasteiger partial charge in [-0.2, -0.15) is 0 Å². The SMILES string of the molecule is NN/C(C(=O)O)=C(\N)SC1CCC2(CCCCC2)CC1. The molecule has 0 aromatic rings. The van der Waals surface area contributed by atoms with Gasteiger partial charge in [0, 0.05) is 5.25 Å². The van der Waals surface area contributed by atoms with E-state index in [1.165, 1.54) is 56.7 Å². The van der Waals surface area contributed by atoms with Crippen LogP contribution in [0, 0.1) is 5.41 Å². The van der Waals surface area contributed by atoms with E-state index < -0.39 is 5.97 Å². The molecule has 1 spiro atoms. The Morgan fingerprint density at radius 1 is 1.15 bits per heavy atom. The minimum atomic E-state index is -1.10. The van der Waals surface area contributed by atoms with Crippen molar-refractivity contribution in [3.8, 4) is 0 Å². The van der Waals surface area contributed by atoms with Crippen molar-refractivity contribution >= 4 is 17.7 Å². The molecule has 2 aliphatic carbocycles. The lowest BCUT2D eigenvalue weighted by Crippen LogP contribution is -2.32. The monoisotopic (exact) mass is 299 g/mol. The highest BCUT2D eigenvalue weighted by atomic mass is 32.2. The van der Waals surface area contributed by atoms with Crippen LogP contribution in [0.1, 0.15) is 57.8 Å². The van der Waals surface area contributed by atoms with Gasteiger partial charge in [0.2, 0.25) is 0 Å². The third-order valence-corrected chi connectivity index (χ3v) is 6.07. The highest BCUT2D eigenvalue weighted by molar-refractivity contribution is 8.03. The normalized spacial score (nSPS) is 24.2. The molecular weight excluding hydrogens is 274 g/mol. The van der Waals surface area contributed by atoms with Crippen molar-refractivity contribution in [1.82, 2.24) is 5.43 Å². The number of carbonyl (C=O) groups is 1. The quantitative estimate of drug-likeness (QED) is 0.361. The van der Waals surface area contributed by atoms with E-state index in [-0.39, 0.29) is 5.70 Å². The molecule has 6 N–H and O–H groups in total. The summed E-state index contributed by atoms with van der Waals surface area (Å²) in [6.45, 7) is 0. The molecule has 0 atom stereocenters. The first-order valence-corrected chi connectivity index (χ1v) is 8.31. The molecule has 0 aromatic heterocycles. The molecule has 2 saturated carbocycles. The van der Waals surface area contributed by atoms with E-state index in [2.05, 4.69) is 5.43 Å². The van der Waals surface area contributed by atoms with E-state index in [1.54, 1.807) is 0 Å². The molecule has 5 nitrogen and oxygen atoms in total. The third kappa shape index (κ3) is 3.61. The Morgan fingerprint density at radius 3 is 2.25 bits per heavy atom. The predicted octanol–water partition coefficient (Wildman–Crippen LogP) is 2.29. The van der Waals surface area contributed by atoms with E-state index >= 15 is 0 Å². The number of hydrazine groups is 1. The maximum absolute atomic E-state index is 11.0. The van der Waals surface area contributed by atoms with Crippen LogP contribution in [0.4, 0.5) is 0 Å². The van der Waals surface area contributed by atoms with Crippen molar-refractivity contribution in [1.29, 1.82) is 0 Å². The number of nitrogens with two attached hydrogens (primary N) is 2. The van der Waals surface area contributed by atoms with Gasteiger partial charge in [0.25, 0.3) is 0 Å². The topological polar surface area (TPSA) is 101 Å². The molecule has 20 heavy (non-hydrogen) atoms. The largest absolute Gasteiger partial charge is 0.476 e. The van der Waals surface area contributed by atoms with Gasteiger partial charge in [0.15, 0.2) is 5.70 Å². The summed E-state index contributed by atoms with van der Waals surface area (Å²) in [6, 6.07) is 0. The zero-order valence-corrected chi connectivity index (χ0v) is 12.7. The molecule has 0 heterocycles. The number of carboxylic acid groups (broad SMARTS) is 1. The van der Waals surface area contributed by atoms with Crippen molar-refractivity contribution < 1.29 is 9.90 Å². The number of hydrogen-bond donors (Lipinski definition) is 4. The molecule has 114 valence electrons. The highest BCUT2D eigenvalue weighted by Gasteiger charge is 2.36. The zero-order valence-electron chi connectivity index (χ0n) is 11.9. The Balaban J connectivity index is 1.89. The summed E-state index contributed by atoms with van der Waals surface area (Å²) in [7, 11) is 0. The lowest BCUT2D eigenvalue weighted by atomic mass is 9.65. The Morgan fingerprint density at radius 2 is 1.75 bits per heavy atom. The Labute approximate surface area is 124 Å². The lowest BCUT2D eigenvalue weighted by molar-refractivity contribution is -0.133.